The van der Waals surface area contributed by atoms with E-state index in [0.29, 0.717) is 24.0 Å². The minimum absolute atomic E-state index is 0.0652. The predicted molar refractivity (Wildman–Crippen MR) is 166 cm³/mol. The lowest BCUT2D eigenvalue weighted by Gasteiger charge is -2.34. The number of carbonyl (C=O) groups is 2. The first-order valence-corrected chi connectivity index (χ1v) is 15.8. The molecule has 0 aliphatic carbocycles. The van der Waals surface area contributed by atoms with Crippen molar-refractivity contribution in [3.8, 4) is 11.5 Å². The predicted octanol–water partition coefficient (Wildman–Crippen LogP) is 8.59. The van der Waals surface area contributed by atoms with E-state index in [2.05, 4.69) is 45.7 Å². The van der Waals surface area contributed by atoms with Gasteiger partial charge in [-0.2, -0.15) is 0 Å². The Balaban J connectivity index is 2.25. The summed E-state index contributed by atoms with van der Waals surface area (Å²) < 4.78 is 7.70. The molecule has 218 valence electrons. The topological polar surface area (TPSA) is 104 Å². The van der Waals surface area contributed by atoms with E-state index in [0.717, 1.165) is 58.6 Å². The molecule has 0 saturated carbocycles. The van der Waals surface area contributed by atoms with Crippen molar-refractivity contribution >= 4 is 43.8 Å². The Labute approximate surface area is 258 Å². The van der Waals surface area contributed by atoms with Gasteiger partial charge in [0.15, 0.2) is 5.60 Å². The summed E-state index contributed by atoms with van der Waals surface area (Å²) in [5, 5.41) is 34.3. The monoisotopic (exact) mass is 686 g/mol. The van der Waals surface area contributed by atoms with Crippen LogP contribution in [0.2, 0.25) is 0 Å². The molecule has 0 radical (unpaired) electrons. The molecule has 0 amide bonds. The number of esters is 1. The fourth-order valence-electron chi connectivity index (χ4n) is 6.13. The summed E-state index contributed by atoms with van der Waals surface area (Å²) in [5.74, 6) is -2.10. The van der Waals surface area contributed by atoms with Crippen molar-refractivity contribution in [3.63, 3.8) is 0 Å². The SMILES string of the molecule is CCCc1c(Br)cc(C2(c3cc(Br)c(CCC)c(CCC)c3O)OC(=O)c3cccc(C(=O)O)c32)c(O)c1CCC. The molecule has 1 aliphatic heterocycles. The number of hydrogen-bond donors (Lipinski definition) is 3. The molecule has 0 spiro atoms. The number of rotatable bonds is 11. The van der Waals surface area contributed by atoms with Gasteiger partial charge in [0.25, 0.3) is 0 Å². The molecule has 4 rings (SSSR count). The summed E-state index contributed by atoms with van der Waals surface area (Å²) in [5.41, 5.74) is 1.89. The summed E-state index contributed by atoms with van der Waals surface area (Å²) in [6, 6.07) is 7.89. The van der Waals surface area contributed by atoms with Crippen LogP contribution < -0.4 is 0 Å². The van der Waals surface area contributed by atoms with Crippen molar-refractivity contribution in [2.45, 2.75) is 84.7 Å². The fourth-order valence-corrected chi connectivity index (χ4v) is 7.46. The number of phenolic OH excluding ortho intramolecular Hbond substituents is 2. The van der Waals surface area contributed by atoms with Crippen LogP contribution in [0.25, 0.3) is 0 Å². The third kappa shape index (κ3) is 5.18. The lowest BCUT2D eigenvalue weighted by Crippen LogP contribution is -2.32. The van der Waals surface area contributed by atoms with E-state index in [1.807, 2.05) is 13.8 Å². The van der Waals surface area contributed by atoms with Crippen molar-refractivity contribution in [2.75, 3.05) is 0 Å². The van der Waals surface area contributed by atoms with Crippen LogP contribution >= 0.6 is 31.9 Å². The van der Waals surface area contributed by atoms with Crippen molar-refractivity contribution in [1.82, 2.24) is 0 Å². The van der Waals surface area contributed by atoms with Crippen LogP contribution in [0.5, 0.6) is 11.5 Å². The van der Waals surface area contributed by atoms with Crippen LogP contribution in [0.3, 0.4) is 0 Å². The van der Waals surface area contributed by atoms with Gasteiger partial charge in [0.1, 0.15) is 11.5 Å². The van der Waals surface area contributed by atoms with E-state index in [4.69, 9.17) is 4.74 Å². The molecule has 6 nitrogen and oxygen atoms in total. The first-order chi connectivity index (χ1) is 19.6. The average molecular weight is 688 g/mol. The van der Waals surface area contributed by atoms with Gasteiger partial charge < -0.3 is 20.1 Å². The summed E-state index contributed by atoms with van der Waals surface area (Å²) in [6.45, 7) is 8.16. The van der Waals surface area contributed by atoms with Crippen LogP contribution in [0, 0.1) is 0 Å². The van der Waals surface area contributed by atoms with Crippen molar-refractivity contribution in [3.05, 3.63) is 89.3 Å². The smallest absolute Gasteiger partial charge is 0.340 e. The molecule has 0 unspecified atom stereocenters. The molecule has 0 fully saturated rings. The number of fused-ring (bicyclic) bond motifs is 1. The Morgan fingerprint density at radius 1 is 0.780 bits per heavy atom. The molecule has 1 heterocycles. The van der Waals surface area contributed by atoms with Crippen LogP contribution in [0.4, 0.5) is 0 Å². The van der Waals surface area contributed by atoms with E-state index in [9.17, 15) is 24.9 Å². The number of carboxylic acids is 1. The molecule has 8 heteroatoms. The first kappa shape index (κ1) is 31.1. The Morgan fingerprint density at radius 3 is 1.63 bits per heavy atom. The lowest BCUT2D eigenvalue weighted by atomic mass is 9.74. The third-order valence-corrected chi connectivity index (χ3v) is 9.22. The highest BCUT2D eigenvalue weighted by molar-refractivity contribution is 9.10. The standard InChI is InChI=1S/C33H36Br2O6/c1-5-10-18-20(12-7-3)29(36)24(16-26(18)34)33(28-22(31(38)39)14-9-15-23(28)32(40)41-33)25-17-27(35)19(11-6-2)21(13-8-4)30(25)37/h9,14-17,36-37H,5-8,10-13H2,1-4H3,(H,38,39). The van der Waals surface area contributed by atoms with Gasteiger partial charge in [0.2, 0.25) is 0 Å². The molecule has 41 heavy (non-hydrogen) atoms. The van der Waals surface area contributed by atoms with E-state index in [1.165, 1.54) is 18.2 Å². The van der Waals surface area contributed by atoms with Gasteiger partial charge in [-0.25, -0.2) is 9.59 Å². The summed E-state index contributed by atoms with van der Waals surface area (Å²) in [6.07, 6.45) is 5.79. The molecule has 3 N–H and O–H groups in total. The zero-order valence-electron chi connectivity index (χ0n) is 23.9. The Hall–Kier alpha value is -2.84. The van der Waals surface area contributed by atoms with Crippen LogP contribution in [0.15, 0.2) is 39.3 Å². The third-order valence-electron chi connectivity index (χ3n) is 7.80. The van der Waals surface area contributed by atoms with Gasteiger partial charge in [-0.3, -0.25) is 0 Å². The summed E-state index contributed by atoms with van der Waals surface area (Å²) in [4.78, 5) is 26.2. The van der Waals surface area contributed by atoms with Gasteiger partial charge in [0, 0.05) is 25.6 Å². The molecule has 0 bridgehead atoms. The number of phenols is 2. The largest absolute Gasteiger partial charge is 0.507 e. The zero-order valence-corrected chi connectivity index (χ0v) is 27.0. The molecule has 3 aromatic rings. The summed E-state index contributed by atoms with van der Waals surface area (Å²) >= 11 is 7.43. The lowest BCUT2D eigenvalue weighted by molar-refractivity contribution is 0.0232. The molecule has 1 aliphatic rings. The van der Waals surface area contributed by atoms with Crippen molar-refractivity contribution < 1.29 is 29.6 Å². The number of ether oxygens (including phenoxy) is 1. The van der Waals surface area contributed by atoms with Crippen LogP contribution in [-0.4, -0.2) is 27.3 Å². The number of aromatic hydroxyl groups is 2. The molecule has 0 atom stereocenters. The number of aromatic carboxylic acids is 1. The van der Waals surface area contributed by atoms with E-state index in [1.54, 1.807) is 12.1 Å². The van der Waals surface area contributed by atoms with Gasteiger partial charge in [-0.15, -0.1) is 0 Å². The van der Waals surface area contributed by atoms with E-state index in [-0.39, 0.29) is 39.3 Å². The highest BCUT2D eigenvalue weighted by Crippen LogP contribution is 2.56. The van der Waals surface area contributed by atoms with E-state index < -0.39 is 17.5 Å². The average Bonchev–Trinajstić information content (AvgIpc) is 3.24. The molecular weight excluding hydrogens is 652 g/mol. The number of cyclic esters (lactones) is 1. The summed E-state index contributed by atoms with van der Waals surface area (Å²) in [7, 11) is 0. The number of carboxylic acid groups (broad SMARTS) is 1. The van der Waals surface area contributed by atoms with Crippen molar-refractivity contribution in [1.29, 1.82) is 0 Å². The van der Waals surface area contributed by atoms with E-state index >= 15 is 0 Å². The zero-order chi connectivity index (χ0) is 30.1. The highest BCUT2D eigenvalue weighted by Gasteiger charge is 2.54. The van der Waals surface area contributed by atoms with Crippen LogP contribution in [0.1, 0.15) is 113 Å². The van der Waals surface area contributed by atoms with Gasteiger partial charge in [-0.1, -0.05) is 91.3 Å². The van der Waals surface area contributed by atoms with Crippen LogP contribution in [-0.2, 0) is 36.0 Å². The number of halogens is 2. The number of hydrogen-bond acceptors (Lipinski definition) is 5. The van der Waals surface area contributed by atoms with Gasteiger partial charge >= 0.3 is 11.9 Å². The second-order valence-corrected chi connectivity index (χ2v) is 12.2. The Kier molecular flexibility index (Phi) is 9.54. The maximum atomic E-state index is 13.6. The Morgan fingerprint density at radius 2 is 1.22 bits per heavy atom. The molecule has 0 saturated heterocycles. The first-order valence-electron chi connectivity index (χ1n) is 14.3. The Bertz CT molecular complexity index is 1440. The maximum absolute atomic E-state index is 13.6. The minimum atomic E-state index is -1.92. The molecule has 0 aromatic heterocycles. The second kappa shape index (κ2) is 12.6. The fraction of sp³-hybridized carbons (Fsp3) is 0.394. The quantitative estimate of drug-likeness (QED) is 0.175. The second-order valence-electron chi connectivity index (χ2n) is 10.5. The number of carbonyl (C=O) groups excluding carboxylic acids is 1. The van der Waals surface area contributed by atoms with Crippen molar-refractivity contribution in [2.24, 2.45) is 0 Å². The highest BCUT2D eigenvalue weighted by atomic mass is 79.9. The minimum Gasteiger partial charge on any atom is -0.507 e. The molecule has 3 aromatic carbocycles. The normalized spacial score (nSPS) is 13.8. The number of benzene rings is 3. The van der Waals surface area contributed by atoms with Gasteiger partial charge in [-0.05, 0) is 72.2 Å². The molecular formula is C33H36Br2O6. The maximum Gasteiger partial charge on any atom is 0.340 e. The van der Waals surface area contributed by atoms with Gasteiger partial charge in [0.05, 0.1) is 11.1 Å².